The molecule has 0 bridgehead atoms. The molecule has 0 fully saturated rings. The summed E-state index contributed by atoms with van der Waals surface area (Å²) in [5.41, 5.74) is 0. The van der Waals surface area contributed by atoms with E-state index in [1.807, 2.05) is 6.08 Å². The van der Waals surface area contributed by atoms with E-state index in [9.17, 15) is 0 Å². The van der Waals surface area contributed by atoms with Crippen LogP contribution in [0.1, 0.15) is 39.0 Å². The Morgan fingerprint density at radius 2 is 2.00 bits per heavy atom. The Hall–Kier alpha value is -0.720. The lowest BCUT2D eigenvalue weighted by atomic mass is 10.1. The van der Waals surface area contributed by atoms with E-state index in [0.717, 1.165) is 0 Å². The fourth-order valence-corrected chi connectivity index (χ4v) is 0.998. The van der Waals surface area contributed by atoms with Crippen LogP contribution in [-0.2, 0) is 4.74 Å². The summed E-state index contributed by atoms with van der Waals surface area (Å²) >= 11 is 0. The molecular weight excluding hydrogens is 148 g/mol. The quantitative estimate of drug-likeness (QED) is 0.305. The number of allylic oxidation sites excluding steroid dienone is 1. The van der Waals surface area contributed by atoms with Gasteiger partial charge in [-0.15, -0.1) is 0 Å². The van der Waals surface area contributed by atoms with Gasteiger partial charge in [0.2, 0.25) is 0 Å². The van der Waals surface area contributed by atoms with Gasteiger partial charge in [0.05, 0.1) is 6.26 Å². The molecule has 0 rings (SSSR count). The van der Waals surface area contributed by atoms with Gasteiger partial charge in [-0.25, -0.2) is 0 Å². The van der Waals surface area contributed by atoms with Crippen LogP contribution < -0.4 is 0 Å². The smallest absolute Gasteiger partial charge is 0.105 e. The first-order valence-corrected chi connectivity index (χ1v) is 4.79. The van der Waals surface area contributed by atoms with Crippen molar-refractivity contribution in [1.82, 2.24) is 0 Å². The molecule has 0 aliphatic rings. The fourth-order valence-electron chi connectivity index (χ4n) is 0.998. The van der Waals surface area contributed by atoms with Crippen LogP contribution in [0.25, 0.3) is 0 Å². The first-order chi connectivity index (χ1) is 5.91. The highest BCUT2D eigenvalue weighted by atomic mass is 16.5. The van der Waals surface area contributed by atoms with Crippen LogP contribution in [0.5, 0.6) is 0 Å². The summed E-state index contributed by atoms with van der Waals surface area (Å²) in [6.07, 6.45) is 12.2. The Balaban J connectivity index is 2.97. The standard InChI is InChI=1S/C11H20O/c1-3-5-6-7-8-9-10-11-12-4-2/h4,9-10H,2-3,5-8,11H2,1H3. The average molecular weight is 168 g/mol. The van der Waals surface area contributed by atoms with Gasteiger partial charge in [0, 0.05) is 0 Å². The molecule has 0 amide bonds. The monoisotopic (exact) mass is 168 g/mol. The van der Waals surface area contributed by atoms with Crippen molar-refractivity contribution in [2.24, 2.45) is 0 Å². The average Bonchev–Trinajstić information content (AvgIpc) is 2.10. The van der Waals surface area contributed by atoms with E-state index in [4.69, 9.17) is 4.74 Å². The molecule has 0 unspecified atom stereocenters. The molecule has 0 spiro atoms. The highest BCUT2D eigenvalue weighted by Crippen LogP contribution is 2.02. The molecule has 0 aliphatic carbocycles. The number of ether oxygens (including phenoxy) is 1. The predicted octanol–water partition coefficient (Wildman–Crippen LogP) is 3.67. The highest BCUT2D eigenvalue weighted by molar-refractivity contribution is 4.81. The minimum Gasteiger partial charge on any atom is -0.498 e. The Morgan fingerprint density at radius 1 is 1.17 bits per heavy atom. The molecule has 0 saturated carbocycles. The maximum absolute atomic E-state index is 4.94. The maximum Gasteiger partial charge on any atom is 0.105 e. The van der Waals surface area contributed by atoms with Gasteiger partial charge in [0.25, 0.3) is 0 Å². The van der Waals surface area contributed by atoms with Crippen molar-refractivity contribution in [3.63, 3.8) is 0 Å². The number of rotatable bonds is 8. The largest absolute Gasteiger partial charge is 0.498 e. The van der Waals surface area contributed by atoms with Crippen LogP contribution in [0, 0.1) is 0 Å². The van der Waals surface area contributed by atoms with Crippen LogP contribution >= 0.6 is 0 Å². The van der Waals surface area contributed by atoms with E-state index in [1.165, 1.54) is 38.4 Å². The zero-order valence-corrected chi connectivity index (χ0v) is 8.09. The number of unbranched alkanes of at least 4 members (excludes halogenated alkanes) is 4. The molecule has 12 heavy (non-hydrogen) atoms. The molecule has 0 saturated heterocycles. The SMILES string of the molecule is C=COCC=CCCCCCC. The first-order valence-electron chi connectivity index (χ1n) is 4.79. The van der Waals surface area contributed by atoms with Crippen molar-refractivity contribution in [1.29, 1.82) is 0 Å². The van der Waals surface area contributed by atoms with Crippen LogP contribution in [0.15, 0.2) is 25.0 Å². The molecule has 0 aromatic heterocycles. The molecule has 0 radical (unpaired) electrons. The summed E-state index contributed by atoms with van der Waals surface area (Å²) in [6.45, 7) is 6.36. The summed E-state index contributed by atoms with van der Waals surface area (Å²) in [6, 6.07) is 0. The third-order valence-electron chi connectivity index (χ3n) is 1.70. The van der Waals surface area contributed by atoms with Crippen molar-refractivity contribution >= 4 is 0 Å². The van der Waals surface area contributed by atoms with E-state index in [1.54, 1.807) is 0 Å². The van der Waals surface area contributed by atoms with Crippen molar-refractivity contribution < 1.29 is 4.74 Å². The van der Waals surface area contributed by atoms with Crippen molar-refractivity contribution in [2.45, 2.75) is 39.0 Å². The van der Waals surface area contributed by atoms with Gasteiger partial charge >= 0.3 is 0 Å². The molecule has 0 heterocycles. The van der Waals surface area contributed by atoms with Crippen LogP contribution in [-0.4, -0.2) is 6.61 Å². The van der Waals surface area contributed by atoms with Crippen LogP contribution in [0.4, 0.5) is 0 Å². The Bertz CT molecular complexity index is 116. The van der Waals surface area contributed by atoms with E-state index in [0.29, 0.717) is 6.61 Å². The molecule has 0 N–H and O–H groups in total. The zero-order valence-electron chi connectivity index (χ0n) is 8.09. The van der Waals surface area contributed by atoms with Gasteiger partial charge in [-0.1, -0.05) is 44.9 Å². The molecule has 1 heteroatoms. The predicted molar refractivity (Wildman–Crippen MR) is 54.0 cm³/mol. The highest BCUT2D eigenvalue weighted by Gasteiger charge is 1.83. The van der Waals surface area contributed by atoms with Gasteiger partial charge in [0.15, 0.2) is 0 Å². The topological polar surface area (TPSA) is 9.23 Å². The molecule has 0 atom stereocenters. The molecule has 70 valence electrons. The minimum absolute atomic E-state index is 0.664. The van der Waals surface area contributed by atoms with E-state index < -0.39 is 0 Å². The lowest BCUT2D eigenvalue weighted by Gasteiger charge is -1.94. The van der Waals surface area contributed by atoms with Crippen LogP contribution in [0.3, 0.4) is 0 Å². The summed E-state index contributed by atoms with van der Waals surface area (Å²) < 4.78 is 4.94. The first kappa shape index (κ1) is 11.3. The van der Waals surface area contributed by atoms with Crippen molar-refractivity contribution in [3.8, 4) is 0 Å². The molecule has 0 aromatic rings. The third-order valence-corrected chi connectivity index (χ3v) is 1.70. The number of hydrogen-bond acceptors (Lipinski definition) is 1. The van der Waals surface area contributed by atoms with Crippen molar-refractivity contribution in [2.75, 3.05) is 6.61 Å². The van der Waals surface area contributed by atoms with E-state index in [-0.39, 0.29) is 0 Å². The Morgan fingerprint density at radius 3 is 2.67 bits per heavy atom. The molecule has 0 aromatic carbocycles. The van der Waals surface area contributed by atoms with E-state index in [2.05, 4.69) is 19.6 Å². The van der Waals surface area contributed by atoms with Crippen molar-refractivity contribution in [3.05, 3.63) is 25.0 Å². The van der Waals surface area contributed by atoms with Gasteiger partial charge in [-0.2, -0.15) is 0 Å². The second-order valence-corrected chi connectivity index (χ2v) is 2.82. The summed E-state index contributed by atoms with van der Waals surface area (Å²) in [7, 11) is 0. The summed E-state index contributed by atoms with van der Waals surface area (Å²) in [4.78, 5) is 0. The normalized spacial score (nSPS) is 10.4. The lowest BCUT2D eigenvalue weighted by molar-refractivity contribution is 0.291. The maximum atomic E-state index is 4.94. The van der Waals surface area contributed by atoms with Gasteiger partial charge < -0.3 is 4.74 Å². The second-order valence-electron chi connectivity index (χ2n) is 2.82. The van der Waals surface area contributed by atoms with Gasteiger partial charge in [0.1, 0.15) is 6.61 Å². The van der Waals surface area contributed by atoms with Gasteiger partial charge in [-0.05, 0) is 12.8 Å². The molecule has 1 nitrogen and oxygen atoms in total. The number of hydrogen-bond donors (Lipinski definition) is 0. The summed E-state index contributed by atoms with van der Waals surface area (Å²) in [5, 5.41) is 0. The Labute approximate surface area is 76.1 Å². The lowest BCUT2D eigenvalue weighted by Crippen LogP contribution is -1.79. The second kappa shape index (κ2) is 10.3. The van der Waals surface area contributed by atoms with Gasteiger partial charge in [-0.3, -0.25) is 0 Å². The third kappa shape index (κ3) is 9.28. The summed E-state index contributed by atoms with van der Waals surface area (Å²) in [5.74, 6) is 0. The van der Waals surface area contributed by atoms with Crippen LogP contribution in [0.2, 0.25) is 0 Å². The minimum atomic E-state index is 0.664. The van der Waals surface area contributed by atoms with E-state index >= 15 is 0 Å². The zero-order chi connectivity index (χ0) is 9.07. The molecular formula is C11H20O. The Kier molecular flexibility index (Phi) is 9.66. The molecule has 0 aliphatic heterocycles. The fraction of sp³-hybridized carbons (Fsp3) is 0.636.